The van der Waals surface area contributed by atoms with Crippen LogP contribution in [0, 0.1) is 0 Å². The molecule has 0 aromatic heterocycles. The molecule has 1 N–H and O–H groups in total. The van der Waals surface area contributed by atoms with E-state index in [1.807, 2.05) is 0 Å². The number of fused-ring (bicyclic) bond motifs is 2. The Kier molecular flexibility index (Phi) is 9.42. The number of hydrogen-bond donors (Lipinski definition) is 1. The van der Waals surface area contributed by atoms with Crippen molar-refractivity contribution in [2.45, 2.75) is 55.8 Å². The van der Waals surface area contributed by atoms with Gasteiger partial charge in [-0.15, -0.1) is 0 Å². The molecule has 216 valence electrons. The predicted molar refractivity (Wildman–Crippen MR) is 124 cm³/mol. The first-order chi connectivity index (χ1) is 19.1. The number of ketones is 1. The summed E-state index contributed by atoms with van der Waals surface area (Å²) in [5, 5.41) is 8.58. The molecule has 0 aromatic rings. The summed E-state index contributed by atoms with van der Waals surface area (Å²) in [5.41, 5.74) is 0. The van der Waals surface area contributed by atoms with E-state index in [1.165, 1.54) is 6.92 Å². The second-order valence-corrected chi connectivity index (χ2v) is 9.04. The van der Waals surface area contributed by atoms with Crippen LogP contribution in [-0.4, -0.2) is 116 Å². The molecule has 4 heterocycles. The van der Waals surface area contributed by atoms with Crippen molar-refractivity contribution in [1.82, 2.24) is 0 Å². The second kappa shape index (κ2) is 13.0. The number of carboxylic acid groups (broad SMARTS) is 1. The molecule has 0 aromatic carbocycles. The van der Waals surface area contributed by atoms with E-state index in [0.29, 0.717) is 6.08 Å². The lowest BCUT2D eigenvalue weighted by molar-refractivity contribution is -0.152. The van der Waals surface area contributed by atoms with Crippen LogP contribution in [0.3, 0.4) is 0 Å². The van der Waals surface area contributed by atoms with Gasteiger partial charge in [0.2, 0.25) is 0 Å². The molecular weight excluding hydrogens is 540 g/mol. The van der Waals surface area contributed by atoms with Gasteiger partial charge < -0.3 is 43.0 Å². The highest BCUT2D eigenvalue weighted by Gasteiger charge is 2.52. The number of ether oxygens (including phenoxy) is 8. The molecule has 4 saturated heterocycles. The van der Waals surface area contributed by atoms with Crippen LogP contribution in [0.15, 0.2) is 36.5 Å². The zero-order chi connectivity index (χ0) is 28.8. The number of carboxylic acids is 1. The van der Waals surface area contributed by atoms with Crippen LogP contribution < -0.4 is 0 Å². The summed E-state index contributed by atoms with van der Waals surface area (Å²) in [6.45, 7) is 1.19. The molecule has 8 atom stereocenters. The van der Waals surface area contributed by atoms with Crippen LogP contribution in [0.25, 0.3) is 0 Å². The molecule has 4 aliphatic rings. The fourth-order valence-corrected chi connectivity index (χ4v) is 4.48. The standard InChI is InChI=1S/C25H26O15/c1-12(26)2-4-18(29)37-13-8-33-24-15(10-35-22(13)24)39-20(31)6-7-21(32)40-16-11-36-23-14(9-34-25(16)23)38-19(30)5-3-17(27)28/h2-7,13-16,22-25H,8-11H2,1H3,(H,27,28)/b4-2-,5-3-,7-6-/t13-,14-,15-,16-,22-,23-,24-,25-/m1/s1. The van der Waals surface area contributed by atoms with Gasteiger partial charge in [0.15, 0.2) is 30.2 Å². The number of esters is 4. The minimum Gasteiger partial charge on any atom is -0.478 e. The molecule has 0 amide bonds. The maximum absolute atomic E-state index is 12.3. The SMILES string of the molecule is CC(=O)/C=C\C(=O)O[C@@H]1CO[C@H]2[C@@H]1OC[C@H]2OC(=O)/C=C\C(=O)O[C@@H]1CO[C@H]2[C@@H]1OC[C@H]2OC(=O)/C=C\C(=O)O. The lowest BCUT2D eigenvalue weighted by atomic mass is 10.1. The van der Waals surface area contributed by atoms with E-state index < -0.39 is 78.7 Å². The quantitative estimate of drug-likeness (QED) is 0.183. The average molecular weight is 566 g/mol. The fraction of sp³-hybridized carbons (Fsp3) is 0.520. The van der Waals surface area contributed by atoms with Gasteiger partial charge in [-0.2, -0.15) is 0 Å². The number of hydrogen-bond acceptors (Lipinski definition) is 14. The van der Waals surface area contributed by atoms with Gasteiger partial charge in [0.1, 0.15) is 24.4 Å². The normalized spacial score (nSPS) is 32.7. The highest BCUT2D eigenvalue weighted by Crippen LogP contribution is 2.32. The number of rotatable bonds is 10. The van der Waals surface area contributed by atoms with Crippen molar-refractivity contribution in [3.05, 3.63) is 36.5 Å². The molecule has 0 bridgehead atoms. The van der Waals surface area contributed by atoms with E-state index in [-0.39, 0.29) is 32.2 Å². The number of allylic oxidation sites excluding steroid dienone is 1. The summed E-state index contributed by atoms with van der Waals surface area (Å²) < 4.78 is 43.2. The molecule has 15 nitrogen and oxygen atoms in total. The number of carbonyl (C=O) groups excluding carboxylic acids is 5. The van der Waals surface area contributed by atoms with E-state index in [2.05, 4.69) is 0 Å². The van der Waals surface area contributed by atoms with Crippen molar-refractivity contribution in [2.75, 3.05) is 26.4 Å². The fourth-order valence-electron chi connectivity index (χ4n) is 4.48. The average Bonchev–Trinajstić information content (AvgIpc) is 3.66. The van der Waals surface area contributed by atoms with Crippen LogP contribution in [0.1, 0.15) is 6.92 Å². The van der Waals surface area contributed by atoms with Gasteiger partial charge in [-0.05, 0) is 13.0 Å². The van der Waals surface area contributed by atoms with Gasteiger partial charge in [0.05, 0.1) is 26.4 Å². The van der Waals surface area contributed by atoms with Crippen LogP contribution in [0.2, 0.25) is 0 Å². The molecule has 0 radical (unpaired) electrons. The smallest absolute Gasteiger partial charge is 0.331 e. The largest absolute Gasteiger partial charge is 0.478 e. The molecule has 0 spiro atoms. The van der Waals surface area contributed by atoms with E-state index >= 15 is 0 Å². The molecular formula is C25H26O15. The van der Waals surface area contributed by atoms with E-state index in [1.54, 1.807) is 0 Å². The molecule has 0 aliphatic carbocycles. The van der Waals surface area contributed by atoms with Crippen molar-refractivity contribution in [1.29, 1.82) is 0 Å². The minimum atomic E-state index is -1.31. The molecule has 4 aliphatic heterocycles. The van der Waals surface area contributed by atoms with Gasteiger partial charge in [-0.3, -0.25) is 4.79 Å². The lowest BCUT2D eigenvalue weighted by Crippen LogP contribution is -2.36. The van der Waals surface area contributed by atoms with Crippen molar-refractivity contribution in [3.8, 4) is 0 Å². The first-order valence-corrected chi connectivity index (χ1v) is 12.2. The number of aliphatic carboxylic acids is 1. The van der Waals surface area contributed by atoms with Crippen LogP contribution in [0.5, 0.6) is 0 Å². The Labute approximate surface area is 226 Å². The lowest BCUT2D eigenvalue weighted by Gasteiger charge is -2.16. The molecule has 4 rings (SSSR count). The topological polar surface area (TPSA) is 196 Å². The number of carbonyl (C=O) groups is 6. The van der Waals surface area contributed by atoms with Crippen molar-refractivity contribution in [3.63, 3.8) is 0 Å². The predicted octanol–water partition coefficient (Wildman–Crippen LogP) is -1.43. The third kappa shape index (κ3) is 7.38. The van der Waals surface area contributed by atoms with Crippen LogP contribution in [0.4, 0.5) is 0 Å². The first-order valence-electron chi connectivity index (χ1n) is 12.2. The van der Waals surface area contributed by atoms with Crippen LogP contribution in [-0.2, 0) is 66.7 Å². The maximum atomic E-state index is 12.3. The molecule has 15 heteroatoms. The van der Waals surface area contributed by atoms with Gasteiger partial charge in [0.25, 0.3) is 0 Å². The highest BCUT2D eigenvalue weighted by atomic mass is 16.7. The zero-order valence-corrected chi connectivity index (χ0v) is 21.1. The van der Waals surface area contributed by atoms with E-state index in [4.69, 9.17) is 43.0 Å². The summed E-state index contributed by atoms with van der Waals surface area (Å²) >= 11 is 0. The van der Waals surface area contributed by atoms with E-state index in [0.717, 1.165) is 30.4 Å². The Morgan fingerprint density at radius 1 is 0.525 bits per heavy atom. The molecule has 0 unspecified atom stereocenters. The minimum absolute atomic E-state index is 0.0119. The van der Waals surface area contributed by atoms with Crippen molar-refractivity contribution >= 4 is 35.6 Å². The first kappa shape index (κ1) is 29.1. The third-order valence-electron chi connectivity index (χ3n) is 6.17. The van der Waals surface area contributed by atoms with Crippen molar-refractivity contribution in [2.24, 2.45) is 0 Å². The van der Waals surface area contributed by atoms with Crippen LogP contribution >= 0.6 is 0 Å². The molecule has 0 saturated carbocycles. The molecule has 40 heavy (non-hydrogen) atoms. The Morgan fingerprint density at radius 3 is 1.07 bits per heavy atom. The Morgan fingerprint density at radius 2 is 0.800 bits per heavy atom. The Hall–Kier alpha value is -3.92. The second-order valence-electron chi connectivity index (χ2n) is 9.04. The van der Waals surface area contributed by atoms with Gasteiger partial charge in [-0.25, -0.2) is 24.0 Å². The van der Waals surface area contributed by atoms with Gasteiger partial charge in [-0.1, -0.05) is 0 Å². The summed E-state index contributed by atoms with van der Waals surface area (Å²) in [4.78, 5) is 69.5. The van der Waals surface area contributed by atoms with Gasteiger partial charge in [0, 0.05) is 30.4 Å². The Bertz CT molecular complexity index is 1040. The maximum Gasteiger partial charge on any atom is 0.331 e. The monoisotopic (exact) mass is 566 g/mol. The summed E-state index contributed by atoms with van der Waals surface area (Å²) in [6, 6.07) is 0. The Balaban J connectivity index is 1.20. The zero-order valence-electron chi connectivity index (χ0n) is 21.1. The summed E-state index contributed by atoms with van der Waals surface area (Å²) in [5.74, 6) is -4.98. The van der Waals surface area contributed by atoms with E-state index in [9.17, 15) is 28.8 Å². The summed E-state index contributed by atoms with van der Waals surface area (Å²) in [6.07, 6.45) is -0.804. The summed E-state index contributed by atoms with van der Waals surface area (Å²) in [7, 11) is 0. The third-order valence-corrected chi connectivity index (χ3v) is 6.17. The van der Waals surface area contributed by atoms with Crippen molar-refractivity contribution < 1.29 is 71.8 Å². The van der Waals surface area contributed by atoms with Gasteiger partial charge >= 0.3 is 29.8 Å². The highest BCUT2D eigenvalue weighted by molar-refractivity contribution is 5.94. The molecule has 4 fully saturated rings.